The average Bonchev–Trinajstić information content (AvgIpc) is 3.47. The molecule has 3 nitrogen and oxygen atoms in total. The van der Waals surface area contributed by atoms with E-state index in [2.05, 4.69) is 187 Å². The van der Waals surface area contributed by atoms with Crippen LogP contribution in [0.3, 0.4) is 0 Å². The first-order valence-corrected chi connectivity index (χ1v) is 16.2. The lowest BCUT2D eigenvalue weighted by molar-refractivity contribution is 0.633. The number of aromatic nitrogens is 2. The van der Waals surface area contributed by atoms with Gasteiger partial charge < -0.3 is 9.47 Å². The molecule has 0 N–H and O–H groups in total. The van der Waals surface area contributed by atoms with Gasteiger partial charge in [-0.3, -0.25) is 0 Å². The fourth-order valence-electron chi connectivity index (χ4n) is 7.51. The van der Waals surface area contributed by atoms with Crippen molar-refractivity contribution in [1.29, 1.82) is 0 Å². The average molecular weight is 604 g/mol. The molecule has 8 aromatic rings. The Balaban J connectivity index is 1.44. The minimum Gasteiger partial charge on any atom is -0.308 e. The molecule has 0 aliphatic carbocycles. The quantitative estimate of drug-likeness (QED) is 0.200. The molecule has 0 amide bonds. The van der Waals surface area contributed by atoms with Crippen molar-refractivity contribution in [3.63, 3.8) is 0 Å². The lowest BCUT2D eigenvalue weighted by Crippen LogP contribution is -2.31. The first kappa shape index (κ1) is 27.4. The van der Waals surface area contributed by atoms with Crippen LogP contribution in [0.15, 0.2) is 164 Å². The summed E-state index contributed by atoms with van der Waals surface area (Å²) in [6.45, 7) is 4.72. The van der Waals surface area contributed by atoms with Crippen LogP contribution >= 0.6 is 0 Å². The van der Waals surface area contributed by atoms with Crippen LogP contribution in [0.2, 0.25) is 0 Å². The van der Waals surface area contributed by atoms with E-state index in [1.54, 1.807) is 0 Å². The molecule has 0 bridgehead atoms. The van der Waals surface area contributed by atoms with E-state index in [1.807, 2.05) is 0 Å². The van der Waals surface area contributed by atoms with E-state index < -0.39 is 0 Å². The Hall–Kier alpha value is -5.93. The van der Waals surface area contributed by atoms with Crippen LogP contribution in [0.1, 0.15) is 25.0 Å². The van der Waals surface area contributed by atoms with E-state index in [-0.39, 0.29) is 5.41 Å². The number of benzene rings is 6. The van der Waals surface area contributed by atoms with Crippen molar-refractivity contribution in [1.82, 2.24) is 9.55 Å². The standard InChI is InChI=1S/C44H33N3/c1-44(2)36-23-13-15-25-41(36)47(33-28-38(30-16-6-3-7-17-30)45-39(29-33)31-18-8-4-9-19-31)43-37(44)27-26-35-34-22-12-14-24-40(34)46(42(35)43)32-20-10-5-11-21-32/h3-29H,1-2H3. The van der Waals surface area contributed by atoms with E-state index in [4.69, 9.17) is 4.98 Å². The van der Waals surface area contributed by atoms with Crippen molar-refractivity contribution < 1.29 is 0 Å². The fourth-order valence-corrected chi connectivity index (χ4v) is 7.51. The highest BCUT2D eigenvalue weighted by Gasteiger charge is 2.39. The summed E-state index contributed by atoms with van der Waals surface area (Å²) in [7, 11) is 0. The fraction of sp³-hybridized carbons (Fsp3) is 0.0682. The van der Waals surface area contributed by atoms with Crippen LogP contribution < -0.4 is 4.90 Å². The normalized spacial score (nSPS) is 13.4. The Bertz CT molecular complexity index is 2370. The van der Waals surface area contributed by atoms with E-state index in [1.165, 1.54) is 44.3 Å². The van der Waals surface area contributed by atoms with Gasteiger partial charge in [-0.25, -0.2) is 4.98 Å². The van der Waals surface area contributed by atoms with Gasteiger partial charge in [-0.1, -0.05) is 141 Å². The summed E-state index contributed by atoms with van der Waals surface area (Å²) in [5.41, 5.74) is 13.5. The highest BCUT2D eigenvalue weighted by atomic mass is 15.2. The molecular weight excluding hydrogens is 571 g/mol. The molecule has 47 heavy (non-hydrogen) atoms. The zero-order chi connectivity index (χ0) is 31.5. The maximum atomic E-state index is 5.24. The van der Waals surface area contributed by atoms with Gasteiger partial charge in [0.15, 0.2) is 0 Å². The van der Waals surface area contributed by atoms with E-state index in [0.717, 1.165) is 33.9 Å². The Morgan fingerprint density at radius 3 is 1.74 bits per heavy atom. The zero-order valence-electron chi connectivity index (χ0n) is 26.4. The molecule has 2 aromatic heterocycles. The predicted octanol–water partition coefficient (Wildman–Crippen LogP) is 11.6. The number of anilines is 3. The van der Waals surface area contributed by atoms with Crippen LogP contribution in [0.4, 0.5) is 17.1 Å². The van der Waals surface area contributed by atoms with Gasteiger partial charge in [0.2, 0.25) is 0 Å². The summed E-state index contributed by atoms with van der Waals surface area (Å²) in [4.78, 5) is 7.74. The Morgan fingerprint density at radius 1 is 0.489 bits per heavy atom. The van der Waals surface area contributed by atoms with Crippen LogP contribution in [0, 0.1) is 0 Å². The maximum Gasteiger partial charge on any atom is 0.0785 e. The van der Waals surface area contributed by atoms with Gasteiger partial charge in [0.1, 0.15) is 0 Å². The Morgan fingerprint density at radius 2 is 1.06 bits per heavy atom. The molecule has 6 aromatic carbocycles. The monoisotopic (exact) mass is 603 g/mol. The molecule has 3 heterocycles. The number of nitrogens with zero attached hydrogens (tertiary/aromatic N) is 3. The third-order valence-corrected chi connectivity index (χ3v) is 9.75. The summed E-state index contributed by atoms with van der Waals surface area (Å²) in [5.74, 6) is 0. The molecule has 0 unspecified atom stereocenters. The molecule has 0 radical (unpaired) electrons. The van der Waals surface area contributed by atoms with Gasteiger partial charge >= 0.3 is 0 Å². The summed E-state index contributed by atoms with van der Waals surface area (Å²) in [6, 6.07) is 58.7. The van der Waals surface area contributed by atoms with Gasteiger partial charge in [-0.05, 0) is 47.5 Å². The van der Waals surface area contributed by atoms with Crippen molar-refractivity contribution >= 4 is 38.9 Å². The predicted molar refractivity (Wildman–Crippen MR) is 196 cm³/mol. The minimum atomic E-state index is -0.230. The van der Waals surface area contributed by atoms with Crippen molar-refractivity contribution in [2.45, 2.75) is 19.3 Å². The molecule has 1 aliphatic rings. The van der Waals surface area contributed by atoms with Gasteiger partial charge in [0.05, 0.1) is 39.5 Å². The lowest BCUT2D eigenvalue weighted by Gasteiger charge is -2.42. The third-order valence-electron chi connectivity index (χ3n) is 9.75. The lowest BCUT2D eigenvalue weighted by atomic mass is 9.73. The van der Waals surface area contributed by atoms with Gasteiger partial charge in [0, 0.05) is 33.0 Å². The molecule has 0 saturated heterocycles. The van der Waals surface area contributed by atoms with Crippen LogP contribution in [-0.4, -0.2) is 9.55 Å². The summed E-state index contributed by atoms with van der Waals surface area (Å²) >= 11 is 0. The van der Waals surface area contributed by atoms with Gasteiger partial charge in [-0.15, -0.1) is 0 Å². The maximum absolute atomic E-state index is 5.24. The molecular formula is C44H33N3. The van der Waals surface area contributed by atoms with E-state index >= 15 is 0 Å². The summed E-state index contributed by atoms with van der Waals surface area (Å²) in [6.07, 6.45) is 0. The molecule has 0 spiro atoms. The number of para-hydroxylation sites is 3. The number of fused-ring (bicyclic) bond motifs is 6. The zero-order valence-corrected chi connectivity index (χ0v) is 26.4. The number of hydrogen-bond acceptors (Lipinski definition) is 2. The van der Waals surface area contributed by atoms with Crippen molar-refractivity contribution in [3.05, 3.63) is 175 Å². The number of rotatable bonds is 4. The van der Waals surface area contributed by atoms with Crippen LogP contribution in [0.25, 0.3) is 50.0 Å². The Kier molecular flexibility index (Phi) is 6.16. The first-order valence-electron chi connectivity index (χ1n) is 16.2. The molecule has 0 saturated carbocycles. The van der Waals surface area contributed by atoms with E-state index in [0.29, 0.717) is 0 Å². The summed E-state index contributed by atoms with van der Waals surface area (Å²) < 4.78 is 2.46. The van der Waals surface area contributed by atoms with E-state index in [9.17, 15) is 0 Å². The second kappa shape index (κ2) is 10.6. The topological polar surface area (TPSA) is 21.1 Å². The molecule has 0 fully saturated rings. The third kappa shape index (κ3) is 4.24. The second-order valence-corrected chi connectivity index (χ2v) is 12.9. The van der Waals surface area contributed by atoms with Crippen molar-refractivity contribution in [2.75, 3.05) is 4.90 Å². The molecule has 0 atom stereocenters. The number of pyridine rings is 1. The second-order valence-electron chi connectivity index (χ2n) is 12.9. The SMILES string of the molecule is CC1(C)c2ccccc2N(c2cc(-c3ccccc3)nc(-c3ccccc3)c2)c2c1ccc1c3ccccc3n(-c3ccccc3)c21. The molecule has 9 rings (SSSR count). The molecule has 3 heteroatoms. The Labute approximate surface area is 275 Å². The van der Waals surface area contributed by atoms with Crippen LogP contribution in [0.5, 0.6) is 0 Å². The highest BCUT2D eigenvalue weighted by molar-refractivity contribution is 6.16. The smallest absolute Gasteiger partial charge is 0.0785 e. The van der Waals surface area contributed by atoms with Gasteiger partial charge in [-0.2, -0.15) is 0 Å². The number of hydrogen-bond donors (Lipinski definition) is 0. The first-order chi connectivity index (χ1) is 23.1. The summed E-state index contributed by atoms with van der Waals surface area (Å²) in [5, 5.41) is 2.49. The van der Waals surface area contributed by atoms with Crippen molar-refractivity contribution in [3.8, 4) is 28.2 Å². The minimum absolute atomic E-state index is 0.230. The molecule has 224 valence electrons. The largest absolute Gasteiger partial charge is 0.308 e. The van der Waals surface area contributed by atoms with Crippen molar-refractivity contribution in [2.24, 2.45) is 0 Å². The molecule has 1 aliphatic heterocycles. The van der Waals surface area contributed by atoms with Crippen LogP contribution in [-0.2, 0) is 5.41 Å². The van der Waals surface area contributed by atoms with Gasteiger partial charge in [0.25, 0.3) is 0 Å². The highest BCUT2D eigenvalue weighted by Crippen LogP contribution is 2.55.